The van der Waals surface area contributed by atoms with Crippen LogP contribution < -0.4 is 15.4 Å². The van der Waals surface area contributed by atoms with E-state index in [-0.39, 0.29) is 18.1 Å². The molecule has 3 amide bonds. The Morgan fingerprint density at radius 1 is 1.34 bits per heavy atom. The molecule has 0 radical (unpaired) electrons. The van der Waals surface area contributed by atoms with Crippen molar-refractivity contribution in [3.05, 3.63) is 0 Å². The summed E-state index contributed by atoms with van der Waals surface area (Å²) in [5.74, 6) is -1.24. The summed E-state index contributed by atoms with van der Waals surface area (Å²) in [7, 11) is -4.13. The number of nitrogens with zero attached hydrogens (tertiary/aromatic N) is 1. The van der Waals surface area contributed by atoms with Gasteiger partial charge in [0.05, 0.1) is 31.4 Å². The van der Waals surface area contributed by atoms with Crippen LogP contribution in [0.25, 0.3) is 0 Å². The van der Waals surface area contributed by atoms with E-state index in [2.05, 4.69) is 10.6 Å². The number of hydrogen-bond donors (Lipinski definition) is 4. The second-order valence-corrected chi connectivity index (χ2v) is 9.45. The van der Waals surface area contributed by atoms with E-state index in [0.717, 1.165) is 4.31 Å². The van der Waals surface area contributed by atoms with Crippen LogP contribution in [0, 0.1) is 11.8 Å². The Bertz CT molecular complexity index is 723. The molecular formula is C17H29FN4O6S. The number of amides is 3. The van der Waals surface area contributed by atoms with E-state index < -0.39 is 46.9 Å². The highest BCUT2D eigenvalue weighted by molar-refractivity contribution is 7.88. The number of nitrogens with one attached hydrogen (secondary N) is 3. The van der Waals surface area contributed by atoms with Gasteiger partial charge in [-0.2, -0.15) is 12.7 Å². The van der Waals surface area contributed by atoms with Crippen LogP contribution in [0.1, 0.15) is 32.6 Å². The number of urea groups is 1. The Kier molecular flexibility index (Phi) is 6.97. The monoisotopic (exact) mass is 436 g/mol. The van der Waals surface area contributed by atoms with Gasteiger partial charge in [0, 0.05) is 13.1 Å². The molecular weight excluding hydrogens is 407 g/mol. The van der Waals surface area contributed by atoms with Crippen molar-refractivity contribution >= 4 is 22.1 Å². The predicted molar refractivity (Wildman–Crippen MR) is 101 cm³/mol. The summed E-state index contributed by atoms with van der Waals surface area (Å²) in [5.41, 5.74) is 0. The van der Waals surface area contributed by atoms with Crippen molar-refractivity contribution in [2.75, 3.05) is 26.2 Å². The van der Waals surface area contributed by atoms with Gasteiger partial charge in [0.1, 0.15) is 6.17 Å². The number of alkyl halides is 1. The zero-order chi connectivity index (χ0) is 21.2. The molecule has 6 atom stereocenters. The van der Waals surface area contributed by atoms with Crippen molar-refractivity contribution in [1.82, 2.24) is 19.7 Å². The lowest BCUT2D eigenvalue weighted by atomic mass is 9.66. The lowest BCUT2D eigenvalue weighted by Gasteiger charge is -2.47. The highest BCUT2D eigenvalue weighted by atomic mass is 32.2. The van der Waals surface area contributed by atoms with Crippen LogP contribution in [0.15, 0.2) is 0 Å². The molecule has 2 saturated carbocycles. The highest BCUT2D eigenvalue weighted by Gasteiger charge is 2.53. The second-order valence-electron chi connectivity index (χ2n) is 7.83. The van der Waals surface area contributed by atoms with E-state index in [1.165, 1.54) is 0 Å². The Morgan fingerprint density at radius 2 is 2.10 bits per heavy atom. The molecule has 1 aliphatic heterocycles. The molecule has 4 N–H and O–H groups in total. The first kappa shape index (κ1) is 22.2. The maximum atomic E-state index is 15.4. The van der Waals surface area contributed by atoms with Gasteiger partial charge in [0.15, 0.2) is 0 Å². The highest BCUT2D eigenvalue weighted by Crippen LogP contribution is 2.45. The van der Waals surface area contributed by atoms with Crippen LogP contribution >= 0.6 is 0 Å². The summed E-state index contributed by atoms with van der Waals surface area (Å²) in [6.45, 7) is 2.48. The van der Waals surface area contributed by atoms with E-state index >= 15 is 4.39 Å². The van der Waals surface area contributed by atoms with Crippen molar-refractivity contribution < 1.29 is 32.2 Å². The minimum atomic E-state index is -4.13. The summed E-state index contributed by atoms with van der Waals surface area (Å²) >= 11 is 0. The number of halogens is 1. The lowest BCUT2D eigenvalue weighted by Crippen LogP contribution is -2.59. The summed E-state index contributed by atoms with van der Waals surface area (Å²) in [6, 6.07) is -1.55. The van der Waals surface area contributed by atoms with Gasteiger partial charge >= 0.3 is 16.2 Å². The van der Waals surface area contributed by atoms with Crippen LogP contribution in [0.2, 0.25) is 0 Å². The van der Waals surface area contributed by atoms with E-state index in [1.807, 2.05) is 11.6 Å². The zero-order valence-electron chi connectivity index (χ0n) is 16.3. The van der Waals surface area contributed by atoms with Crippen molar-refractivity contribution in [3.63, 3.8) is 0 Å². The van der Waals surface area contributed by atoms with Crippen molar-refractivity contribution in [1.29, 1.82) is 0 Å². The number of rotatable bonds is 6. The van der Waals surface area contributed by atoms with Gasteiger partial charge in [-0.15, -0.1) is 0 Å². The molecule has 0 aromatic heterocycles. The van der Waals surface area contributed by atoms with Crippen molar-refractivity contribution in [3.8, 4) is 0 Å². The molecule has 10 nitrogen and oxygen atoms in total. The minimum absolute atomic E-state index is 0.0569. The van der Waals surface area contributed by atoms with Crippen molar-refractivity contribution in [2.45, 2.75) is 57.0 Å². The number of carbonyl (C=O) groups excluding carboxylic acids is 2. The standard InChI is InChI=1S/C17H29FN4O6S/c1-2-19-17(25)20-5-6-28-11-4-3-10-7-13(23)16(15(18)12(10)8-11)22-9-14(24)21-29(22,26)27/h10-13,15-16,23H,2-9H2,1H3,(H,21,24)(H2,19,20,25). The molecule has 0 spiro atoms. The minimum Gasteiger partial charge on any atom is -0.391 e. The van der Waals surface area contributed by atoms with Gasteiger partial charge in [-0.1, -0.05) is 0 Å². The van der Waals surface area contributed by atoms with Gasteiger partial charge in [-0.3, -0.25) is 4.79 Å². The third-order valence-corrected chi connectivity index (χ3v) is 7.41. The third-order valence-electron chi connectivity index (χ3n) is 5.94. The normalized spacial score (nSPS) is 36.9. The quantitative estimate of drug-likeness (QED) is 0.405. The molecule has 0 aromatic rings. The van der Waals surface area contributed by atoms with Gasteiger partial charge in [0.2, 0.25) is 5.91 Å². The topological polar surface area (TPSA) is 137 Å². The van der Waals surface area contributed by atoms with Crippen LogP contribution in [0.3, 0.4) is 0 Å². The SMILES string of the molecule is CCNC(=O)NCCOC1CCC2CC(O)C(N3CC(=O)NS3(=O)=O)C(F)C2C1. The molecule has 1 heterocycles. The van der Waals surface area contributed by atoms with E-state index in [1.54, 1.807) is 0 Å². The van der Waals surface area contributed by atoms with Gasteiger partial charge < -0.3 is 20.5 Å². The summed E-state index contributed by atoms with van der Waals surface area (Å²) < 4.78 is 48.0. The van der Waals surface area contributed by atoms with Crippen LogP contribution in [-0.4, -0.2) is 80.4 Å². The zero-order valence-corrected chi connectivity index (χ0v) is 17.2. The number of ether oxygens (including phenoxy) is 1. The Labute approximate surface area is 169 Å². The van der Waals surface area contributed by atoms with E-state index in [0.29, 0.717) is 45.4 Å². The molecule has 29 heavy (non-hydrogen) atoms. The Hall–Kier alpha value is -1.50. The largest absolute Gasteiger partial charge is 0.391 e. The van der Waals surface area contributed by atoms with Crippen LogP contribution in [-0.2, 0) is 19.7 Å². The molecule has 1 saturated heterocycles. The second kappa shape index (κ2) is 9.11. The third kappa shape index (κ3) is 4.98. The number of aliphatic hydroxyl groups is 1. The maximum absolute atomic E-state index is 15.4. The van der Waals surface area contributed by atoms with Gasteiger partial charge in [-0.05, 0) is 44.4 Å². The summed E-state index contributed by atoms with van der Waals surface area (Å²) in [4.78, 5) is 22.9. The van der Waals surface area contributed by atoms with E-state index in [9.17, 15) is 23.1 Å². The van der Waals surface area contributed by atoms with Gasteiger partial charge in [-0.25, -0.2) is 13.9 Å². The smallest absolute Gasteiger partial charge is 0.314 e. The molecule has 3 aliphatic rings. The fourth-order valence-corrected chi connectivity index (χ4v) is 6.00. The Morgan fingerprint density at radius 3 is 2.76 bits per heavy atom. The summed E-state index contributed by atoms with van der Waals surface area (Å²) in [5, 5.41) is 15.7. The number of fused-ring (bicyclic) bond motifs is 1. The molecule has 3 fully saturated rings. The molecule has 166 valence electrons. The molecule has 6 unspecified atom stereocenters. The van der Waals surface area contributed by atoms with E-state index in [4.69, 9.17) is 4.74 Å². The molecule has 12 heteroatoms. The summed E-state index contributed by atoms with van der Waals surface area (Å²) in [6.07, 6.45) is -0.857. The van der Waals surface area contributed by atoms with Crippen LogP contribution in [0.5, 0.6) is 0 Å². The first-order valence-electron chi connectivity index (χ1n) is 10.0. The fourth-order valence-electron chi connectivity index (χ4n) is 4.67. The molecule has 0 bridgehead atoms. The number of carbonyl (C=O) groups is 2. The lowest BCUT2D eigenvalue weighted by molar-refractivity contribution is -0.120. The molecule has 3 rings (SSSR count). The molecule has 0 aromatic carbocycles. The number of hydrogen-bond acceptors (Lipinski definition) is 6. The Balaban J connectivity index is 1.57. The maximum Gasteiger partial charge on any atom is 0.314 e. The average Bonchev–Trinajstić information content (AvgIpc) is 2.91. The number of aliphatic hydroxyl groups excluding tert-OH is 1. The predicted octanol–water partition coefficient (Wildman–Crippen LogP) is -0.745. The average molecular weight is 437 g/mol. The van der Waals surface area contributed by atoms with Crippen LogP contribution in [0.4, 0.5) is 9.18 Å². The van der Waals surface area contributed by atoms with Crippen molar-refractivity contribution in [2.24, 2.45) is 11.8 Å². The fraction of sp³-hybridized carbons (Fsp3) is 0.882. The molecule has 2 aliphatic carbocycles. The first-order chi connectivity index (χ1) is 13.7. The van der Waals surface area contributed by atoms with Gasteiger partial charge in [0.25, 0.3) is 0 Å². The first-order valence-corrected chi connectivity index (χ1v) is 11.4.